The summed E-state index contributed by atoms with van der Waals surface area (Å²) in [7, 11) is 0. The van der Waals surface area contributed by atoms with Gasteiger partial charge in [-0.15, -0.1) is 9.97 Å². The molecule has 0 N–H and O–H groups in total. The summed E-state index contributed by atoms with van der Waals surface area (Å²) in [5.74, 6) is 1.80. The molecule has 46 heavy (non-hydrogen) atoms. The number of hydrogen-bond acceptors (Lipinski definition) is 12. The molecule has 0 saturated heterocycles. The second-order valence-electron chi connectivity index (χ2n) is 9.58. The van der Waals surface area contributed by atoms with E-state index in [2.05, 4.69) is 29.9 Å². The van der Waals surface area contributed by atoms with E-state index in [0.29, 0.717) is 11.5 Å². The molecule has 0 fully saturated rings. The van der Waals surface area contributed by atoms with Crippen LogP contribution in [0.5, 0.6) is 58.5 Å². The number of ether oxygens (including phenoxy) is 6. The van der Waals surface area contributed by atoms with Gasteiger partial charge in [-0.2, -0.15) is 19.9 Å². The van der Waals surface area contributed by atoms with Crippen molar-refractivity contribution in [1.82, 2.24) is 29.9 Å². The Morgan fingerprint density at radius 3 is 1.09 bits per heavy atom. The molecule has 8 bridgehead atoms. The number of halogens is 2. The van der Waals surface area contributed by atoms with Gasteiger partial charge in [0.25, 0.3) is 0 Å². The Balaban J connectivity index is 1.26. The van der Waals surface area contributed by atoms with Gasteiger partial charge in [0.05, 0.1) is 0 Å². The average molecular weight is 655 g/mol. The maximum atomic E-state index is 6.23. The molecule has 14 heteroatoms. The van der Waals surface area contributed by atoms with Crippen molar-refractivity contribution in [2.24, 2.45) is 0 Å². The molecule has 12 nitrogen and oxygen atoms in total. The Morgan fingerprint density at radius 1 is 0.435 bits per heavy atom. The van der Waals surface area contributed by atoms with Crippen LogP contribution in [0.1, 0.15) is 11.1 Å². The molecule has 0 aliphatic carbocycles. The van der Waals surface area contributed by atoms with Gasteiger partial charge in [0.15, 0.2) is 0 Å². The standard InChI is InChI=1S/C32H20Cl2N6O6/c33-27-35-29-39-31(37-27)45-25-13-22(42-18-20-9-5-2-6-10-20)14-26(16-25)46-32-38-28(34)36-30(40-32)44-24-12-21(11-23(15-24)43-29)41-17-19-7-3-1-4-8-19/h1-16H,17-18H2. The highest BCUT2D eigenvalue weighted by Gasteiger charge is 2.17. The largest absolute Gasteiger partial charge is 0.489 e. The van der Waals surface area contributed by atoms with Gasteiger partial charge >= 0.3 is 24.0 Å². The third kappa shape index (κ3) is 7.49. The summed E-state index contributed by atoms with van der Waals surface area (Å²) in [5.41, 5.74) is 1.92. The summed E-state index contributed by atoms with van der Waals surface area (Å²) in [6.45, 7) is 0.563. The first-order valence-corrected chi connectivity index (χ1v) is 14.4. The summed E-state index contributed by atoms with van der Waals surface area (Å²) in [6.07, 6.45) is 0. The smallest absolute Gasteiger partial charge is 0.329 e. The van der Waals surface area contributed by atoms with Crippen LogP contribution in [0.15, 0.2) is 97.1 Å². The lowest BCUT2D eigenvalue weighted by Gasteiger charge is -2.14. The molecule has 0 unspecified atom stereocenters. The molecule has 1 aliphatic heterocycles. The summed E-state index contributed by atoms with van der Waals surface area (Å²) >= 11 is 12.5. The Bertz CT molecular complexity index is 1780. The third-order valence-corrected chi connectivity index (χ3v) is 6.51. The first-order chi connectivity index (χ1) is 22.5. The summed E-state index contributed by atoms with van der Waals surface area (Å²) in [4.78, 5) is 24.9. The van der Waals surface area contributed by atoms with E-state index >= 15 is 0 Å². The predicted octanol–water partition coefficient (Wildman–Crippen LogP) is 8.00. The van der Waals surface area contributed by atoms with Crippen LogP contribution in [0, 0.1) is 0 Å². The molecule has 4 aromatic carbocycles. The predicted molar refractivity (Wildman–Crippen MR) is 164 cm³/mol. The van der Waals surface area contributed by atoms with Crippen LogP contribution in [0.3, 0.4) is 0 Å². The average Bonchev–Trinajstić information content (AvgIpc) is 3.03. The van der Waals surface area contributed by atoms with Crippen molar-refractivity contribution < 1.29 is 28.4 Å². The molecule has 6 aromatic rings. The highest BCUT2D eigenvalue weighted by molar-refractivity contribution is 6.28. The Morgan fingerprint density at radius 2 is 0.761 bits per heavy atom. The minimum absolute atomic E-state index is 0.147. The quantitative estimate of drug-likeness (QED) is 0.172. The molecule has 0 atom stereocenters. The molecular weight excluding hydrogens is 635 g/mol. The highest BCUT2D eigenvalue weighted by Crippen LogP contribution is 2.36. The zero-order chi connectivity index (χ0) is 31.3. The van der Waals surface area contributed by atoms with E-state index in [9.17, 15) is 0 Å². The first kappa shape index (κ1) is 29.0. The Labute approximate surface area is 271 Å². The molecule has 0 amide bonds. The van der Waals surface area contributed by atoms with Crippen molar-refractivity contribution in [1.29, 1.82) is 0 Å². The van der Waals surface area contributed by atoms with Crippen molar-refractivity contribution in [3.8, 4) is 58.5 Å². The minimum atomic E-state index is -0.163. The number of nitrogens with zero attached hydrogens (tertiary/aromatic N) is 6. The molecule has 1 aliphatic rings. The van der Waals surface area contributed by atoms with Crippen LogP contribution in [0.4, 0.5) is 0 Å². The molecule has 0 spiro atoms. The molecule has 3 heterocycles. The molecule has 228 valence electrons. The number of fused-ring (bicyclic) bond motifs is 8. The lowest BCUT2D eigenvalue weighted by molar-refractivity contribution is 0.300. The van der Waals surface area contributed by atoms with Crippen molar-refractivity contribution in [3.63, 3.8) is 0 Å². The van der Waals surface area contributed by atoms with Crippen molar-refractivity contribution in [2.45, 2.75) is 13.2 Å². The lowest BCUT2D eigenvalue weighted by Crippen LogP contribution is -2.02. The van der Waals surface area contributed by atoms with E-state index in [1.165, 1.54) is 0 Å². The maximum Gasteiger partial charge on any atom is 0.329 e. The van der Waals surface area contributed by atoms with Gasteiger partial charge in [0, 0.05) is 36.4 Å². The van der Waals surface area contributed by atoms with Crippen molar-refractivity contribution in [2.75, 3.05) is 0 Å². The monoisotopic (exact) mass is 654 g/mol. The van der Waals surface area contributed by atoms with E-state index in [1.807, 2.05) is 60.7 Å². The van der Waals surface area contributed by atoms with E-state index in [4.69, 9.17) is 51.6 Å². The van der Waals surface area contributed by atoms with E-state index in [0.717, 1.165) is 11.1 Å². The lowest BCUT2D eigenvalue weighted by atomic mass is 10.2. The first-order valence-electron chi connectivity index (χ1n) is 13.7. The van der Waals surface area contributed by atoms with E-state index in [-0.39, 0.29) is 70.8 Å². The fourth-order valence-corrected chi connectivity index (χ4v) is 4.50. The van der Waals surface area contributed by atoms with Crippen LogP contribution in [-0.4, -0.2) is 29.9 Å². The minimum Gasteiger partial charge on any atom is -0.489 e. The normalized spacial score (nSPS) is 11.7. The summed E-state index contributed by atoms with van der Waals surface area (Å²) in [5, 5.41) is -0.325. The summed E-state index contributed by atoms with van der Waals surface area (Å²) in [6, 6.07) is 28.3. The fourth-order valence-electron chi connectivity index (χ4n) is 4.21. The zero-order valence-electron chi connectivity index (χ0n) is 23.5. The molecule has 2 aromatic heterocycles. The van der Waals surface area contributed by atoms with Gasteiger partial charge in [-0.05, 0) is 34.3 Å². The molecular formula is C32H20Cl2N6O6. The van der Waals surface area contributed by atoms with Gasteiger partial charge in [-0.1, -0.05) is 60.7 Å². The van der Waals surface area contributed by atoms with E-state index in [1.54, 1.807) is 36.4 Å². The van der Waals surface area contributed by atoms with Crippen LogP contribution in [0.25, 0.3) is 0 Å². The number of rotatable bonds is 6. The highest BCUT2D eigenvalue weighted by atomic mass is 35.5. The fraction of sp³-hybridized carbons (Fsp3) is 0.0625. The van der Waals surface area contributed by atoms with Gasteiger partial charge in [0.2, 0.25) is 10.6 Å². The van der Waals surface area contributed by atoms with Crippen LogP contribution in [-0.2, 0) is 13.2 Å². The topological polar surface area (TPSA) is 133 Å². The molecule has 0 saturated carbocycles. The second-order valence-corrected chi connectivity index (χ2v) is 10.3. The van der Waals surface area contributed by atoms with Gasteiger partial charge in [-0.25, -0.2) is 0 Å². The Hall–Kier alpha value is -5.72. The van der Waals surface area contributed by atoms with Gasteiger partial charge < -0.3 is 28.4 Å². The van der Waals surface area contributed by atoms with Crippen LogP contribution >= 0.6 is 23.2 Å². The van der Waals surface area contributed by atoms with Crippen molar-refractivity contribution in [3.05, 3.63) is 119 Å². The van der Waals surface area contributed by atoms with Gasteiger partial charge in [-0.3, -0.25) is 0 Å². The maximum absolute atomic E-state index is 6.23. The second kappa shape index (κ2) is 13.1. The summed E-state index contributed by atoms with van der Waals surface area (Å²) < 4.78 is 35.9. The number of aromatic nitrogens is 6. The van der Waals surface area contributed by atoms with Crippen molar-refractivity contribution >= 4 is 23.2 Å². The van der Waals surface area contributed by atoms with Crippen LogP contribution < -0.4 is 28.4 Å². The van der Waals surface area contributed by atoms with E-state index < -0.39 is 0 Å². The number of hydrogen-bond donors (Lipinski definition) is 0. The SMILES string of the molecule is Clc1nc2nc(n1)Oc1cc(OCc3ccccc3)cc(c1)Oc1nc(Cl)nc(n1)Oc1cc(OCc3ccccc3)cc(c1)O2. The van der Waals surface area contributed by atoms with Gasteiger partial charge in [0.1, 0.15) is 47.7 Å². The number of benzene rings is 4. The zero-order valence-corrected chi connectivity index (χ0v) is 25.1. The third-order valence-electron chi connectivity index (χ3n) is 6.17. The van der Waals surface area contributed by atoms with Crippen LogP contribution in [0.2, 0.25) is 10.6 Å². The molecule has 0 radical (unpaired) electrons. The Kier molecular flexibility index (Phi) is 8.26. The molecule has 7 rings (SSSR count).